The van der Waals surface area contributed by atoms with Crippen LogP contribution in [0.2, 0.25) is 0 Å². The number of hydrogen-bond donors (Lipinski definition) is 2. The maximum Gasteiger partial charge on any atom is 0.314 e. The van der Waals surface area contributed by atoms with E-state index in [1.807, 2.05) is 24.3 Å². The van der Waals surface area contributed by atoms with Gasteiger partial charge >= 0.3 is 11.8 Å². The third-order valence-corrected chi connectivity index (χ3v) is 4.93. The molecule has 7 heteroatoms. The molecule has 2 aromatic rings. The van der Waals surface area contributed by atoms with Gasteiger partial charge < -0.3 is 14.6 Å². The van der Waals surface area contributed by atoms with Crippen LogP contribution in [0.15, 0.2) is 34.9 Å². The van der Waals surface area contributed by atoms with Crippen LogP contribution < -0.4 is 15.4 Å². The Hall–Kier alpha value is -2.83. The molecule has 0 spiro atoms. The molecule has 1 heterocycles. The highest BCUT2D eigenvalue weighted by Crippen LogP contribution is 2.41. The number of nitrogens with zero attached hydrogens (tertiary/aromatic N) is 1. The zero-order valence-electron chi connectivity index (χ0n) is 15.0. The molecule has 1 saturated carbocycles. The molecule has 1 aromatic heterocycles. The second-order valence-electron chi connectivity index (χ2n) is 6.68. The Kier molecular flexibility index (Phi) is 5.25. The predicted octanol–water partition coefficient (Wildman–Crippen LogP) is 2.56. The quantitative estimate of drug-likeness (QED) is 0.802. The number of aryl methyl sites for hydroxylation is 1. The Morgan fingerprint density at radius 3 is 2.46 bits per heavy atom. The lowest BCUT2D eigenvalue weighted by Gasteiger charge is -2.30. The highest BCUT2D eigenvalue weighted by Gasteiger charge is 2.36. The molecule has 1 aliphatic rings. The van der Waals surface area contributed by atoms with E-state index in [2.05, 4.69) is 15.8 Å². The SMILES string of the molecule is COc1ccc(C2(CNC(=O)C(=O)Nc3cc(C)on3)CCCC2)cc1. The fourth-order valence-corrected chi connectivity index (χ4v) is 3.49. The van der Waals surface area contributed by atoms with Gasteiger partial charge in [-0.05, 0) is 37.5 Å². The van der Waals surface area contributed by atoms with Gasteiger partial charge in [-0.1, -0.05) is 30.1 Å². The number of nitrogens with one attached hydrogen (secondary N) is 2. The van der Waals surface area contributed by atoms with Gasteiger partial charge in [-0.2, -0.15) is 0 Å². The average Bonchev–Trinajstić information content (AvgIpc) is 3.29. The van der Waals surface area contributed by atoms with Crippen molar-refractivity contribution in [1.29, 1.82) is 0 Å². The van der Waals surface area contributed by atoms with E-state index in [0.717, 1.165) is 37.0 Å². The Labute approximate surface area is 152 Å². The van der Waals surface area contributed by atoms with Crippen LogP contribution in [0.3, 0.4) is 0 Å². The van der Waals surface area contributed by atoms with Crippen LogP contribution in [-0.4, -0.2) is 30.6 Å². The Morgan fingerprint density at radius 2 is 1.88 bits per heavy atom. The van der Waals surface area contributed by atoms with Crippen LogP contribution in [0.25, 0.3) is 0 Å². The molecule has 138 valence electrons. The summed E-state index contributed by atoms with van der Waals surface area (Å²) in [6, 6.07) is 9.48. The van der Waals surface area contributed by atoms with Gasteiger partial charge in [-0.25, -0.2) is 0 Å². The van der Waals surface area contributed by atoms with Crippen molar-refractivity contribution in [3.63, 3.8) is 0 Å². The zero-order valence-corrected chi connectivity index (χ0v) is 15.0. The summed E-state index contributed by atoms with van der Waals surface area (Å²) in [6.45, 7) is 2.13. The topological polar surface area (TPSA) is 93.5 Å². The van der Waals surface area contributed by atoms with E-state index in [-0.39, 0.29) is 11.2 Å². The fourth-order valence-electron chi connectivity index (χ4n) is 3.49. The van der Waals surface area contributed by atoms with E-state index in [0.29, 0.717) is 12.3 Å². The van der Waals surface area contributed by atoms with Gasteiger partial charge in [0, 0.05) is 18.0 Å². The van der Waals surface area contributed by atoms with Crippen molar-refractivity contribution < 1.29 is 18.8 Å². The number of carbonyl (C=O) groups is 2. The van der Waals surface area contributed by atoms with Crippen molar-refractivity contribution >= 4 is 17.6 Å². The standard InChI is InChI=1S/C19H23N3O4/c1-13-11-16(22-26-13)21-18(24)17(23)20-12-19(9-3-4-10-19)14-5-7-15(25-2)8-6-14/h5-8,11H,3-4,9-10,12H2,1-2H3,(H,20,23)(H,21,22,24). The van der Waals surface area contributed by atoms with Gasteiger partial charge in [0.1, 0.15) is 11.5 Å². The summed E-state index contributed by atoms with van der Waals surface area (Å²) in [5, 5.41) is 8.87. The third-order valence-electron chi connectivity index (χ3n) is 4.93. The lowest BCUT2D eigenvalue weighted by molar-refractivity contribution is -0.136. The Morgan fingerprint density at radius 1 is 1.19 bits per heavy atom. The first-order chi connectivity index (χ1) is 12.5. The van der Waals surface area contributed by atoms with Gasteiger partial charge in [-0.3, -0.25) is 14.9 Å². The molecule has 1 fully saturated rings. The minimum Gasteiger partial charge on any atom is -0.497 e. The highest BCUT2D eigenvalue weighted by molar-refractivity contribution is 6.39. The predicted molar refractivity (Wildman–Crippen MR) is 96.0 cm³/mol. The normalized spacial score (nSPS) is 15.5. The molecule has 7 nitrogen and oxygen atoms in total. The van der Waals surface area contributed by atoms with E-state index < -0.39 is 11.8 Å². The number of methoxy groups -OCH3 is 1. The molecule has 1 aliphatic carbocycles. The van der Waals surface area contributed by atoms with Crippen LogP contribution in [0, 0.1) is 6.92 Å². The molecule has 2 N–H and O–H groups in total. The molecule has 0 unspecified atom stereocenters. The summed E-state index contributed by atoms with van der Waals surface area (Å²) in [4.78, 5) is 24.2. The van der Waals surface area contributed by atoms with Crippen molar-refractivity contribution in [2.45, 2.75) is 38.0 Å². The van der Waals surface area contributed by atoms with Crippen molar-refractivity contribution in [2.75, 3.05) is 19.0 Å². The number of carbonyl (C=O) groups excluding carboxylic acids is 2. The van der Waals surface area contributed by atoms with E-state index in [1.54, 1.807) is 20.1 Å². The zero-order chi connectivity index (χ0) is 18.6. The lowest BCUT2D eigenvalue weighted by Crippen LogP contribution is -2.43. The van der Waals surface area contributed by atoms with E-state index in [9.17, 15) is 9.59 Å². The van der Waals surface area contributed by atoms with Crippen molar-refractivity contribution in [2.24, 2.45) is 0 Å². The molecule has 26 heavy (non-hydrogen) atoms. The maximum absolute atomic E-state index is 12.2. The number of aromatic nitrogens is 1. The number of hydrogen-bond acceptors (Lipinski definition) is 5. The van der Waals surface area contributed by atoms with E-state index >= 15 is 0 Å². The number of amides is 2. The average molecular weight is 357 g/mol. The molecule has 0 radical (unpaired) electrons. The molecule has 2 amide bonds. The molecular formula is C19H23N3O4. The summed E-state index contributed by atoms with van der Waals surface area (Å²) in [5.41, 5.74) is 1.01. The summed E-state index contributed by atoms with van der Waals surface area (Å²) < 4.78 is 10.1. The first-order valence-electron chi connectivity index (χ1n) is 8.69. The summed E-state index contributed by atoms with van der Waals surface area (Å²) >= 11 is 0. The third kappa shape index (κ3) is 3.87. The van der Waals surface area contributed by atoms with Crippen molar-refractivity contribution in [3.05, 3.63) is 41.7 Å². The van der Waals surface area contributed by atoms with Crippen LogP contribution in [0.1, 0.15) is 37.0 Å². The van der Waals surface area contributed by atoms with Crippen LogP contribution in [0.5, 0.6) is 5.75 Å². The molecule has 0 aliphatic heterocycles. The number of anilines is 1. The van der Waals surface area contributed by atoms with Gasteiger partial charge in [-0.15, -0.1) is 0 Å². The molecule has 0 bridgehead atoms. The Balaban J connectivity index is 1.64. The maximum atomic E-state index is 12.2. The largest absolute Gasteiger partial charge is 0.497 e. The van der Waals surface area contributed by atoms with E-state index in [1.165, 1.54) is 0 Å². The second-order valence-corrected chi connectivity index (χ2v) is 6.68. The first-order valence-corrected chi connectivity index (χ1v) is 8.69. The van der Waals surface area contributed by atoms with Crippen LogP contribution in [0.4, 0.5) is 5.82 Å². The molecular weight excluding hydrogens is 334 g/mol. The van der Waals surface area contributed by atoms with Crippen LogP contribution >= 0.6 is 0 Å². The van der Waals surface area contributed by atoms with Gasteiger partial charge in [0.15, 0.2) is 5.82 Å². The van der Waals surface area contributed by atoms with Crippen molar-refractivity contribution in [3.8, 4) is 5.75 Å². The second kappa shape index (κ2) is 7.59. The van der Waals surface area contributed by atoms with Gasteiger partial charge in [0.2, 0.25) is 0 Å². The minimum absolute atomic E-state index is 0.146. The fraction of sp³-hybridized carbons (Fsp3) is 0.421. The summed E-state index contributed by atoms with van der Waals surface area (Å²) in [5.74, 6) is 0.165. The van der Waals surface area contributed by atoms with E-state index in [4.69, 9.17) is 9.26 Å². The monoisotopic (exact) mass is 357 g/mol. The highest BCUT2D eigenvalue weighted by atomic mass is 16.5. The summed E-state index contributed by atoms with van der Waals surface area (Å²) in [6.07, 6.45) is 4.16. The first kappa shape index (κ1) is 18.0. The van der Waals surface area contributed by atoms with Crippen molar-refractivity contribution in [1.82, 2.24) is 10.5 Å². The van der Waals surface area contributed by atoms with Crippen LogP contribution in [-0.2, 0) is 15.0 Å². The number of benzene rings is 1. The van der Waals surface area contributed by atoms with Gasteiger partial charge in [0.25, 0.3) is 0 Å². The van der Waals surface area contributed by atoms with Gasteiger partial charge in [0.05, 0.1) is 7.11 Å². The lowest BCUT2D eigenvalue weighted by atomic mass is 9.78. The molecule has 3 rings (SSSR count). The minimum atomic E-state index is -0.749. The molecule has 0 atom stereocenters. The number of rotatable bonds is 5. The molecule has 0 saturated heterocycles. The summed E-state index contributed by atoms with van der Waals surface area (Å²) in [7, 11) is 1.63. The Bertz CT molecular complexity index is 776. The molecule has 1 aromatic carbocycles. The smallest absolute Gasteiger partial charge is 0.314 e. The number of ether oxygens (including phenoxy) is 1.